The number of phenols is 2. The lowest BCUT2D eigenvalue weighted by atomic mass is 10.1. The van der Waals surface area contributed by atoms with Gasteiger partial charge < -0.3 is 15.1 Å². The minimum atomic E-state index is -0.0976. The smallest absolute Gasteiger partial charge is 0.145 e. The van der Waals surface area contributed by atoms with Gasteiger partial charge in [0, 0.05) is 30.9 Å². The molecule has 0 bridgehead atoms. The molecule has 0 unspecified atom stereocenters. The molecule has 0 aliphatic rings. The summed E-state index contributed by atoms with van der Waals surface area (Å²) in [5.41, 5.74) is 3.93. The van der Waals surface area contributed by atoms with Gasteiger partial charge >= 0.3 is 0 Å². The molecule has 186 valence electrons. The Bertz CT molecular complexity index is 1250. The summed E-state index contributed by atoms with van der Waals surface area (Å²) in [5.74, 6) is -0.0576. The predicted molar refractivity (Wildman–Crippen MR) is 142 cm³/mol. The number of azo groups is 2. The van der Waals surface area contributed by atoms with Crippen molar-refractivity contribution in [2.75, 3.05) is 18.0 Å². The minimum absolute atomic E-state index is 0.0401. The zero-order chi connectivity index (χ0) is 25.9. The van der Waals surface area contributed by atoms with Crippen LogP contribution in [0.15, 0.2) is 75.1 Å². The van der Waals surface area contributed by atoms with Gasteiger partial charge in [0.2, 0.25) is 0 Å². The maximum Gasteiger partial charge on any atom is 0.145 e. The van der Waals surface area contributed by atoms with Gasteiger partial charge in [0.25, 0.3) is 0 Å². The summed E-state index contributed by atoms with van der Waals surface area (Å²) in [5, 5.41) is 46.6. The molecule has 0 aliphatic heterocycles. The number of aromatic hydroxyl groups is 2. The fourth-order valence-electron chi connectivity index (χ4n) is 3.54. The van der Waals surface area contributed by atoms with E-state index in [1.165, 1.54) is 6.07 Å². The van der Waals surface area contributed by atoms with E-state index in [0.29, 0.717) is 22.6 Å². The lowest BCUT2D eigenvalue weighted by Gasteiger charge is -2.25. The Morgan fingerprint density at radius 1 is 0.750 bits per heavy atom. The van der Waals surface area contributed by atoms with Crippen LogP contribution in [0.2, 0.25) is 0 Å². The summed E-state index contributed by atoms with van der Waals surface area (Å²) < 4.78 is 0. The number of anilines is 1. The number of unbranched alkanes of at least 4 members (excludes halogenated alkanes) is 2. The van der Waals surface area contributed by atoms with Gasteiger partial charge in [-0.05, 0) is 67.8 Å². The summed E-state index contributed by atoms with van der Waals surface area (Å²) in [4.78, 5) is 2.29. The Hall–Kier alpha value is -4.25. The molecule has 0 radical (unpaired) electrons. The Balaban J connectivity index is 1.76. The molecular formula is C28H32N6O2. The average Bonchev–Trinajstić information content (AvgIpc) is 2.89. The third-order valence-corrected chi connectivity index (χ3v) is 5.72. The molecule has 3 aromatic rings. The molecule has 0 saturated carbocycles. The minimum Gasteiger partial charge on any atom is -0.506 e. The molecule has 8 heteroatoms. The number of rotatable bonds is 11. The maximum absolute atomic E-state index is 10.6. The molecule has 0 heterocycles. The first-order valence-electron chi connectivity index (χ1n) is 12.2. The highest BCUT2D eigenvalue weighted by Gasteiger charge is 2.10. The molecular weight excluding hydrogens is 452 g/mol. The van der Waals surface area contributed by atoms with Crippen molar-refractivity contribution in [1.82, 2.24) is 0 Å². The van der Waals surface area contributed by atoms with Crippen molar-refractivity contribution < 1.29 is 10.2 Å². The lowest BCUT2D eigenvalue weighted by Crippen LogP contribution is -2.25. The average molecular weight is 485 g/mol. The van der Waals surface area contributed by atoms with E-state index in [-0.39, 0.29) is 17.2 Å². The number of nitriles is 1. The van der Waals surface area contributed by atoms with E-state index in [9.17, 15) is 10.2 Å². The predicted octanol–water partition coefficient (Wildman–Crippen LogP) is 8.52. The molecule has 3 rings (SSSR count). The highest BCUT2D eigenvalue weighted by Crippen LogP contribution is 2.37. The van der Waals surface area contributed by atoms with E-state index >= 15 is 0 Å². The van der Waals surface area contributed by atoms with Crippen LogP contribution in [0.4, 0.5) is 28.4 Å². The second-order valence-electron chi connectivity index (χ2n) is 8.55. The summed E-state index contributed by atoms with van der Waals surface area (Å²) in [6.07, 6.45) is 4.40. The Morgan fingerprint density at radius 3 is 1.97 bits per heavy atom. The largest absolute Gasteiger partial charge is 0.506 e. The molecule has 8 nitrogen and oxygen atoms in total. The van der Waals surface area contributed by atoms with Gasteiger partial charge in [-0.1, -0.05) is 26.7 Å². The van der Waals surface area contributed by atoms with Crippen molar-refractivity contribution in [2.24, 2.45) is 20.5 Å². The topological polar surface area (TPSA) is 117 Å². The molecule has 0 fully saturated rings. The summed E-state index contributed by atoms with van der Waals surface area (Å²) in [6.45, 7) is 8.05. The zero-order valence-corrected chi connectivity index (χ0v) is 21.0. The first-order valence-corrected chi connectivity index (χ1v) is 12.2. The van der Waals surface area contributed by atoms with Gasteiger partial charge in [-0.3, -0.25) is 0 Å². The summed E-state index contributed by atoms with van der Waals surface area (Å²) >= 11 is 0. The molecule has 0 aliphatic carbocycles. The fraction of sp³-hybridized carbons (Fsp3) is 0.321. The van der Waals surface area contributed by atoms with Crippen molar-refractivity contribution in [3.05, 3.63) is 65.7 Å². The molecule has 0 atom stereocenters. The SMILES string of the molecule is CCCCN(CCCC)c1ccc(N=Nc2cc(C)c(N=Nc3ccc(C#N)cc3)cc2O)c(O)c1. The van der Waals surface area contributed by atoms with Crippen molar-refractivity contribution in [3.63, 3.8) is 0 Å². The zero-order valence-electron chi connectivity index (χ0n) is 21.0. The number of benzene rings is 3. The first kappa shape index (κ1) is 26.4. The van der Waals surface area contributed by atoms with Crippen LogP contribution in [0.1, 0.15) is 50.7 Å². The van der Waals surface area contributed by atoms with Crippen LogP contribution in [0.5, 0.6) is 11.5 Å². The number of hydrogen-bond donors (Lipinski definition) is 2. The number of aryl methyl sites for hydroxylation is 1. The molecule has 2 N–H and O–H groups in total. The standard InChI is InChI=1S/C28H32N6O2/c1-4-6-14-34(15-7-5-2)23-12-13-24(27(35)17-23)31-33-26-16-20(3)25(18-28(26)36)32-30-22-10-8-21(19-29)9-11-22/h8-13,16-18,35-36H,4-7,14-15H2,1-3H3. The van der Waals surface area contributed by atoms with Crippen molar-refractivity contribution in [1.29, 1.82) is 5.26 Å². The van der Waals surface area contributed by atoms with E-state index in [0.717, 1.165) is 50.0 Å². The Morgan fingerprint density at radius 2 is 1.36 bits per heavy atom. The summed E-state index contributed by atoms with van der Waals surface area (Å²) in [6, 6.07) is 17.3. The van der Waals surface area contributed by atoms with E-state index in [1.54, 1.807) is 42.5 Å². The molecule has 0 aromatic heterocycles. The highest BCUT2D eigenvalue weighted by atomic mass is 16.3. The van der Waals surface area contributed by atoms with Crippen LogP contribution in [0, 0.1) is 18.3 Å². The van der Waals surface area contributed by atoms with Crippen molar-refractivity contribution in [3.8, 4) is 17.6 Å². The van der Waals surface area contributed by atoms with E-state index in [2.05, 4.69) is 45.3 Å². The van der Waals surface area contributed by atoms with Gasteiger partial charge in [0.15, 0.2) is 0 Å². The van der Waals surface area contributed by atoms with Crippen molar-refractivity contribution in [2.45, 2.75) is 46.5 Å². The van der Waals surface area contributed by atoms with Crippen LogP contribution >= 0.6 is 0 Å². The maximum atomic E-state index is 10.6. The van der Waals surface area contributed by atoms with Crippen LogP contribution in [-0.4, -0.2) is 23.3 Å². The van der Waals surface area contributed by atoms with Crippen molar-refractivity contribution >= 4 is 28.4 Å². The molecule has 0 spiro atoms. The molecule has 0 amide bonds. The van der Waals surface area contributed by atoms with Crippen LogP contribution in [0.3, 0.4) is 0 Å². The monoisotopic (exact) mass is 484 g/mol. The van der Waals surface area contributed by atoms with Gasteiger partial charge in [0.1, 0.15) is 22.9 Å². The van der Waals surface area contributed by atoms with Gasteiger partial charge in [-0.2, -0.15) is 15.5 Å². The Kier molecular flexibility index (Phi) is 9.52. The third kappa shape index (κ3) is 7.12. The van der Waals surface area contributed by atoms with Crippen LogP contribution in [-0.2, 0) is 0 Å². The van der Waals surface area contributed by atoms with E-state index in [1.807, 2.05) is 13.0 Å². The second kappa shape index (κ2) is 13.0. The highest BCUT2D eigenvalue weighted by molar-refractivity contribution is 5.64. The van der Waals surface area contributed by atoms with Gasteiger partial charge in [0.05, 0.1) is 23.0 Å². The number of nitrogens with zero attached hydrogens (tertiary/aromatic N) is 6. The van der Waals surface area contributed by atoms with Crippen LogP contribution < -0.4 is 4.90 Å². The lowest BCUT2D eigenvalue weighted by molar-refractivity contribution is 0.473. The first-order chi connectivity index (χ1) is 17.4. The number of hydrogen-bond acceptors (Lipinski definition) is 8. The Labute approximate surface area is 212 Å². The normalized spacial score (nSPS) is 11.3. The second-order valence-corrected chi connectivity index (χ2v) is 8.55. The molecule has 36 heavy (non-hydrogen) atoms. The van der Waals surface area contributed by atoms with Gasteiger partial charge in [-0.25, -0.2) is 0 Å². The summed E-state index contributed by atoms with van der Waals surface area (Å²) in [7, 11) is 0. The third-order valence-electron chi connectivity index (χ3n) is 5.72. The number of phenolic OH excluding ortho intramolecular Hbond substituents is 2. The fourth-order valence-corrected chi connectivity index (χ4v) is 3.54. The molecule has 0 saturated heterocycles. The van der Waals surface area contributed by atoms with Gasteiger partial charge in [-0.15, -0.1) is 10.2 Å². The van der Waals surface area contributed by atoms with E-state index in [4.69, 9.17) is 5.26 Å². The molecule has 3 aromatic carbocycles. The van der Waals surface area contributed by atoms with E-state index < -0.39 is 0 Å². The van der Waals surface area contributed by atoms with Crippen LogP contribution in [0.25, 0.3) is 0 Å². The quantitative estimate of drug-likeness (QED) is 0.265.